The molecule has 0 aliphatic carbocycles. The molecule has 0 saturated heterocycles. The van der Waals surface area contributed by atoms with Gasteiger partial charge >= 0.3 is 0 Å². The summed E-state index contributed by atoms with van der Waals surface area (Å²) in [6.45, 7) is 4.06. The first-order chi connectivity index (χ1) is 9.11. The van der Waals surface area contributed by atoms with E-state index in [9.17, 15) is 4.79 Å². The van der Waals surface area contributed by atoms with Crippen LogP contribution in [0, 0.1) is 6.92 Å². The van der Waals surface area contributed by atoms with Crippen LogP contribution in [-0.2, 0) is 16.3 Å². The number of carbonyl (C=O) groups excluding carboxylic acids is 1. The van der Waals surface area contributed by atoms with Crippen LogP contribution >= 0.6 is 0 Å². The van der Waals surface area contributed by atoms with Crippen molar-refractivity contribution in [3.63, 3.8) is 0 Å². The van der Waals surface area contributed by atoms with Crippen molar-refractivity contribution in [2.75, 3.05) is 12.4 Å². The van der Waals surface area contributed by atoms with Gasteiger partial charge in [-0.2, -0.15) is 10.2 Å². The Hall–Kier alpha value is -2.15. The van der Waals surface area contributed by atoms with Crippen LogP contribution in [0.15, 0.2) is 24.7 Å². The summed E-state index contributed by atoms with van der Waals surface area (Å²) in [7, 11) is 1.59. The predicted octanol–water partition coefficient (Wildman–Crippen LogP) is 1.19. The maximum atomic E-state index is 12.1. The van der Waals surface area contributed by atoms with Gasteiger partial charge in [0.1, 0.15) is 12.8 Å². The van der Waals surface area contributed by atoms with Gasteiger partial charge in [-0.15, -0.1) is 0 Å². The summed E-state index contributed by atoms with van der Waals surface area (Å²) < 4.78 is 8.21. The van der Waals surface area contributed by atoms with Gasteiger partial charge in [0.25, 0.3) is 0 Å². The lowest BCUT2D eigenvalue weighted by Crippen LogP contribution is -2.25. The molecule has 1 amide bonds. The smallest absolute Gasteiger partial charge is 0.249 e. The van der Waals surface area contributed by atoms with Crippen molar-refractivity contribution < 1.29 is 9.53 Å². The topological polar surface area (TPSA) is 74.0 Å². The fourth-order valence-electron chi connectivity index (χ4n) is 1.77. The minimum Gasteiger partial charge on any atom is -0.362 e. The number of anilines is 1. The van der Waals surface area contributed by atoms with Crippen LogP contribution in [0.25, 0.3) is 0 Å². The summed E-state index contributed by atoms with van der Waals surface area (Å²) in [5, 5.41) is 11.0. The van der Waals surface area contributed by atoms with E-state index in [-0.39, 0.29) is 11.9 Å². The predicted molar refractivity (Wildman–Crippen MR) is 69.5 cm³/mol. The van der Waals surface area contributed by atoms with E-state index in [0.29, 0.717) is 12.4 Å². The third-order valence-electron chi connectivity index (χ3n) is 2.78. The van der Waals surface area contributed by atoms with Gasteiger partial charge in [0.05, 0.1) is 18.1 Å². The number of methoxy groups -OCH3 is 1. The highest BCUT2D eigenvalue weighted by Crippen LogP contribution is 2.12. The number of ether oxygens (including phenoxy) is 1. The second-order valence-corrected chi connectivity index (χ2v) is 4.27. The number of nitrogens with zero attached hydrogens (tertiary/aromatic N) is 4. The lowest BCUT2D eigenvalue weighted by atomic mass is 10.3. The summed E-state index contributed by atoms with van der Waals surface area (Å²) >= 11 is 0. The summed E-state index contributed by atoms with van der Waals surface area (Å²) in [6.07, 6.45) is 4.97. The van der Waals surface area contributed by atoms with Crippen LogP contribution in [0.2, 0.25) is 0 Å². The first kappa shape index (κ1) is 13.3. The van der Waals surface area contributed by atoms with Crippen molar-refractivity contribution in [2.24, 2.45) is 0 Å². The summed E-state index contributed by atoms with van der Waals surface area (Å²) in [5.74, 6) is -0.135. The molecule has 0 spiro atoms. The summed E-state index contributed by atoms with van der Waals surface area (Å²) in [5.41, 5.74) is 1.58. The normalized spacial score (nSPS) is 12.4. The largest absolute Gasteiger partial charge is 0.362 e. The Balaban J connectivity index is 2.02. The van der Waals surface area contributed by atoms with E-state index in [4.69, 9.17) is 4.74 Å². The Morgan fingerprint density at radius 3 is 2.95 bits per heavy atom. The van der Waals surface area contributed by atoms with Gasteiger partial charge in [-0.1, -0.05) is 0 Å². The van der Waals surface area contributed by atoms with Crippen LogP contribution in [0.4, 0.5) is 5.69 Å². The van der Waals surface area contributed by atoms with Crippen LogP contribution in [0.3, 0.4) is 0 Å². The molecule has 0 bridgehead atoms. The SMILES string of the molecule is COCn1cc(NC(=O)C(C)n2nccc2C)cn1. The Morgan fingerprint density at radius 1 is 1.53 bits per heavy atom. The van der Waals surface area contributed by atoms with Gasteiger partial charge in [0.2, 0.25) is 5.91 Å². The average Bonchev–Trinajstić information content (AvgIpc) is 2.98. The standard InChI is InChI=1S/C12H17N5O2/c1-9-4-5-13-17(9)10(2)12(18)15-11-6-14-16(7-11)8-19-3/h4-7,10H,8H2,1-3H3,(H,15,18). The first-order valence-corrected chi connectivity index (χ1v) is 5.94. The number of rotatable bonds is 5. The van der Waals surface area contributed by atoms with Crippen LogP contribution < -0.4 is 5.32 Å². The molecule has 19 heavy (non-hydrogen) atoms. The van der Waals surface area contributed by atoms with E-state index in [1.807, 2.05) is 13.0 Å². The van der Waals surface area contributed by atoms with E-state index >= 15 is 0 Å². The summed E-state index contributed by atoms with van der Waals surface area (Å²) in [6, 6.07) is 1.49. The molecule has 0 saturated carbocycles. The molecule has 2 aromatic heterocycles. The highest BCUT2D eigenvalue weighted by Gasteiger charge is 2.17. The summed E-state index contributed by atoms with van der Waals surface area (Å²) in [4.78, 5) is 12.1. The van der Waals surface area contributed by atoms with Crippen molar-refractivity contribution in [2.45, 2.75) is 26.6 Å². The monoisotopic (exact) mass is 263 g/mol. The van der Waals surface area contributed by atoms with Crippen molar-refractivity contribution in [1.29, 1.82) is 0 Å². The molecule has 2 heterocycles. The zero-order chi connectivity index (χ0) is 13.8. The maximum absolute atomic E-state index is 12.1. The van der Waals surface area contributed by atoms with Crippen molar-refractivity contribution in [3.8, 4) is 0 Å². The van der Waals surface area contributed by atoms with Crippen molar-refractivity contribution in [1.82, 2.24) is 19.6 Å². The third-order valence-corrected chi connectivity index (χ3v) is 2.78. The second kappa shape index (κ2) is 5.66. The zero-order valence-corrected chi connectivity index (χ0v) is 11.2. The molecule has 0 fully saturated rings. The van der Waals surface area contributed by atoms with Crippen molar-refractivity contribution >= 4 is 11.6 Å². The van der Waals surface area contributed by atoms with E-state index in [0.717, 1.165) is 5.69 Å². The Kier molecular flexibility index (Phi) is 3.96. The van der Waals surface area contributed by atoms with Gasteiger partial charge in [-0.3, -0.25) is 9.48 Å². The van der Waals surface area contributed by atoms with Gasteiger partial charge in [0.15, 0.2) is 0 Å². The molecule has 0 aromatic carbocycles. The molecule has 7 nitrogen and oxygen atoms in total. The minimum atomic E-state index is -0.374. The molecule has 102 valence electrons. The molecule has 1 atom stereocenters. The molecule has 0 aliphatic heterocycles. The van der Waals surface area contributed by atoms with Gasteiger partial charge < -0.3 is 10.1 Å². The number of aryl methyl sites for hydroxylation is 1. The van der Waals surface area contributed by atoms with Crippen LogP contribution in [0.1, 0.15) is 18.7 Å². The minimum absolute atomic E-state index is 0.135. The number of amides is 1. The van der Waals surface area contributed by atoms with Crippen LogP contribution in [0.5, 0.6) is 0 Å². The Labute approximate surface area is 111 Å². The molecular weight excluding hydrogens is 246 g/mol. The zero-order valence-electron chi connectivity index (χ0n) is 11.2. The Morgan fingerprint density at radius 2 is 2.32 bits per heavy atom. The molecule has 7 heteroatoms. The molecular formula is C12H17N5O2. The van der Waals surface area contributed by atoms with E-state index in [1.165, 1.54) is 0 Å². The number of nitrogens with one attached hydrogen (secondary N) is 1. The van der Waals surface area contributed by atoms with Gasteiger partial charge in [-0.05, 0) is 19.9 Å². The fourth-order valence-corrected chi connectivity index (χ4v) is 1.77. The number of aromatic nitrogens is 4. The second-order valence-electron chi connectivity index (χ2n) is 4.27. The molecule has 2 aromatic rings. The molecule has 2 rings (SSSR count). The van der Waals surface area contributed by atoms with Crippen LogP contribution in [-0.4, -0.2) is 32.6 Å². The quantitative estimate of drug-likeness (QED) is 0.879. The number of hydrogen-bond acceptors (Lipinski definition) is 4. The van der Waals surface area contributed by atoms with E-state index < -0.39 is 0 Å². The Bertz CT molecular complexity index is 560. The highest BCUT2D eigenvalue weighted by atomic mass is 16.5. The molecule has 1 N–H and O–H groups in total. The molecule has 0 radical (unpaired) electrons. The lowest BCUT2D eigenvalue weighted by Gasteiger charge is -2.13. The lowest BCUT2D eigenvalue weighted by molar-refractivity contribution is -0.119. The fraction of sp³-hybridized carbons (Fsp3) is 0.417. The molecule has 1 unspecified atom stereocenters. The number of hydrogen-bond donors (Lipinski definition) is 1. The third kappa shape index (κ3) is 3.00. The number of carbonyl (C=O) groups is 1. The van der Waals surface area contributed by atoms with E-state index in [2.05, 4.69) is 15.5 Å². The molecule has 0 aliphatic rings. The first-order valence-electron chi connectivity index (χ1n) is 5.94. The van der Waals surface area contributed by atoms with Gasteiger partial charge in [-0.25, -0.2) is 4.68 Å². The highest BCUT2D eigenvalue weighted by molar-refractivity contribution is 5.93. The average molecular weight is 263 g/mol. The van der Waals surface area contributed by atoms with E-state index in [1.54, 1.807) is 42.0 Å². The maximum Gasteiger partial charge on any atom is 0.249 e. The van der Waals surface area contributed by atoms with Gasteiger partial charge in [0, 0.05) is 19.0 Å². The van der Waals surface area contributed by atoms with Crippen molar-refractivity contribution in [3.05, 3.63) is 30.4 Å².